The maximum absolute atomic E-state index is 5.55. The molecule has 1 nitrogen and oxygen atoms in total. The van der Waals surface area contributed by atoms with Gasteiger partial charge in [-0.25, -0.2) is 0 Å². The van der Waals surface area contributed by atoms with Gasteiger partial charge in [-0.1, -0.05) is 39.0 Å². The highest BCUT2D eigenvalue weighted by atomic mass is 14.5. The first-order valence-corrected chi connectivity index (χ1v) is 5.75. The van der Waals surface area contributed by atoms with Crippen LogP contribution in [-0.4, -0.2) is 6.54 Å². The number of aryl methyl sites for hydroxylation is 2. The molecule has 0 saturated heterocycles. The molecule has 0 radical (unpaired) electrons. The number of hydrogen-bond acceptors (Lipinski definition) is 1. The Hall–Kier alpha value is -0.820. The zero-order valence-corrected chi connectivity index (χ0v) is 10.4. The monoisotopic (exact) mass is 205 g/mol. The molecule has 0 aliphatic carbocycles. The van der Waals surface area contributed by atoms with Crippen molar-refractivity contribution in [1.29, 1.82) is 0 Å². The van der Waals surface area contributed by atoms with E-state index in [4.69, 9.17) is 5.73 Å². The summed E-state index contributed by atoms with van der Waals surface area (Å²) in [5.74, 6) is 0. The van der Waals surface area contributed by atoms with E-state index in [1.54, 1.807) is 0 Å². The van der Waals surface area contributed by atoms with Gasteiger partial charge in [-0.3, -0.25) is 0 Å². The van der Waals surface area contributed by atoms with Crippen molar-refractivity contribution in [2.45, 2.75) is 46.0 Å². The van der Waals surface area contributed by atoms with Gasteiger partial charge in [0, 0.05) is 0 Å². The van der Waals surface area contributed by atoms with Gasteiger partial charge in [0.25, 0.3) is 0 Å². The Bertz CT molecular complexity index is 321. The average molecular weight is 205 g/mol. The third-order valence-electron chi connectivity index (χ3n) is 2.87. The van der Waals surface area contributed by atoms with Gasteiger partial charge in [0.15, 0.2) is 0 Å². The van der Waals surface area contributed by atoms with Crippen molar-refractivity contribution in [1.82, 2.24) is 0 Å². The van der Waals surface area contributed by atoms with E-state index in [-0.39, 0.29) is 5.41 Å². The minimum absolute atomic E-state index is 0.241. The van der Waals surface area contributed by atoms with Crippen LogP contribution in [0.25, 0.3) is 0 Å². The normalized spacial score (nSPS) is 11.8. The molecule has 1 aromatic carbocycles. The Balaban J connectivity index is 2.95. The van der Waals surface area contributed by atoms with E-state index in [1.165, 1.54) is 16.7 Å². The van der Waals surface area contributed by atoms with Crippen LogP contribution in [0.1, 0.15) is 43.9 Å². The van der Waals surface area contributed by atoms with Crippen molar-refractivity contribution in [3.05, 3.63) is 34.9 Å². The summed E-state index contributed by atoms with van der Waals surface area (Å²) in [7, 11) is 0. The molecule has 0 heterocycles. The van der Waals surface area contributed by atoms with Crippen LogP contribution >= 0.6 is 0 Å². The van der Waals surface area contributed by atoms with Crippen molar-refractivity contribution in [2.75, 3.05) is 6.54 Å². The van der Waals surface area contributed by atoms with Gasteiger partial charge in [0.1, 0.15) is 0 Å². The molecule has 0 spiro atoms. The highest BCUT2D eigenvalue weighted by Crippen LogP contribution is 2.24. The maximum Gasteiger partial charge on any atom is -0.00741 e. The molecule has 1 rings (SSSR count). The predicted octanol–water partition coefficient (Wildman–Crippen LogP) is 3.18. The highest BCUT2D eigenvalue weighted by molar-refractivity contribution is 5.34. The van der Waals surface area contributed by atoms with Crippen LogP contribution < -0.4 is 5.73 Å². The number of hydrogen-bond donors (Lipinski definition) is 1. The van der Waals surface area contributed by atoms with E-state index in [9.17, 15) is 0 Å². The lowest BCUT2D eigenvalue weighted by molar-refractivity contribution is 0.588. The smallest absolute Gasteiger partial charge is 0.00741 e. The van der Waals surface area contributed by atoms with Gasteiger partial charge in [-0.2, -0.15) is 0 Å². The molecule has 0 bridgehead atoms. The summed E-state index contributed by atoms with van der Waals surface area (Å²) in [6, 6.07) is 6.80. The summed E-state index contributed by atoms with van der Waals surface area (Å²) >= 11 is 0. The largest absolute Gasteiger partial charge is 0.330 e. The highest BCUT2D eigenvalue weighted by Gasteiger charge is 2.14. The molecule has 1 aromatic rings. The summed E-state index contributed by atoms with van der Waals surface area (Å²) in [5.41, 5.74) is 10.0. The van der Waals surface area contributed by atoms with Gasteiger partial charge in [0.05, 0.1) is 0 Å². The van der Waals surface area contributed by atoms with Crippen LogP contribution in [0, 0.1) is 6.92 Å². The maximum atomic E-state index is 5.55. The summed E-state index contributed by atoms with van der Waals surface area (Å²) < 4.78 is 0. The first-order chi connectivity index (χ1) is 6.95. The second-order valence-electron chi connectivity index (χ2n) is 5.28. The molecule has 1 heteroatoms. The van der Waals surface area contributed by atoms with Crippen molar-refractivity contribution < 1.29 is 0 Å². The summed E-state index contributed by atoms with van der Waals surface area (Å²) in [6.45, 7) is 9.72. The SMILES string of the molecule is Cc1ccc(C(C)(C)C)cc1CCCN. The van der Waals surface area contributed by atoms with Crippen molar-refractivity contribution in [2.24, 2.45) is 5.73 Å². The molecule has 0 atom stereocenters. The van der Waals surface area contributed by atoms with Crippen LogP contribution in [-0.2, 0) is 11.8 Å². The number of nitrogens with two attached hydrogens (primary N) is 1. The predicted molar refractivity (Wildman–Crippen MR) is 67.3 cm³/mol. The van der Waals surface area contributed by atoms with Crippen LogP contribution in [0.3, 0.4) is 0 Å². The first-order valence-electron chi connectivity index (χ1n) is 5.75. The summed E-state index contributed by atoms with van der Waals surface area (Å²) in [5, 5.41) is 0. The fraction of sp³-hybridized carbons (Fsp3) is 0.571. The number of benzene rings is 1. The Kier molecular flexibility index (Phi) is 3.92. The molecular weight excluding hydrogens is 182 g/mol. The molecule has 0 fully saturated rings. The minimum Gasteiger partial charge on any atom is -0.330 e. The zero-order valence-electron chi connectivity index (χ0n) is 10.4. The van der Waals surface area contributed by atoms with Crippen molar-refractivity contribution in [3.63, 3.8) is 0 Å². The molecule has 0 aromatic heterocycles. The second kappa shape index (κ2) is 4.80. The molecule has 0 amide bonds. The van der Waals surface area contributed by atoms with E-state index < -0.39 is 0 Å². The Morgan fingerprint density at radius 1 is 1.20 bits per heavy atom. The Morgan fingerprint density at radius 2 is 1.87 bits per heavy atom. The van der Waals surface area contributed by atoms with E-state index >= 15 is 0 Å². The van der Waals surface area contributed by atoms with E-state index in [1.807, 2.05) is 0 Å². The molecule has 0 aliphatic heterocycles. The molecular formula is C14H23N. The lowest BCUT2D eigenvalue weighted by atomic mass is 9.85. The third kappa shape index (κ3) is 3.35. The lowest BCUT2D eigenvalue weighted by Gasteiger charge is -2.20. The number of rotatable bonds is 3. The van der Waals surface area contributed by atoms with Crippen LogP contribution in [0.4, 0.5) is 0 Å². The summed E-state index contributed by atoms with van der Waals surface area (Å²) in [4.78, 5) is 0. The van der Waals surface area contributed by atoms with Gasteiger partial charge in [-0.05, 0) is 48.4 Å². The minimum atomic E-state index is 0.241. The molecule has 15 heavy (non-hydrogen) atoms. The summed E-state index contributed by atoms with van der Waals surface area (Å²) in [6.07, 6.45) is 2.18. The molecule has 0 saturated carbocycles. The Morgan fingerprint density at radius 3 is 2.40 bits per heavy atom. The third-order valence-corrected chi connectivity index (χ3v) is 2.87. The standard InChI is InChI=1S/C14H23N/c1-11-7-8-13(14(2,3)4)10-12(11)6-5-9-15/h7-8,10H,5-6,9,15H2,1-4H3. The topological polar surface area (TPSA) is 26.0 Å². The molecule has 2 N–H and O–H groups in total. The van der Waals surface area contributed by atoms with Gasteiger partial charge in [0.2, 0.25) is 0 Å². The van der Waals surface area contributed by atoms with E-state index in [0.29, 0.717) is 0 Å². The van der Waals surface area contributed by atoms with E-state index in [0.717, 1.165) is 19.4 Å². The molecule has 0 unspecified atom stereocenters. The average Bonchev–Trinajstić information content (AvgIpc) is 2.15. The first kappa shape index (κ1) is 12.3. The van der Waals surface area contributed by atoms with Gasteiger partial charge >= 0.3 is 0 Å². The fourth-order valence-corrected chi connectivity index (χ4v) is 1.70. The van der Waals surface area contributed by atoms with Crippen molar-refractivity contribution >= 4 is 0 Å². The van der Waals surface area contributed by atoms with Gasteiger partial charge < -0.3 is 5.73 Å². The fourth-order valence-electron chi connectivity index (χ4n) is 1.70. The van der Waals surface area contributed by atoms with Crippen LogP contribution in [0.5, 0.6) is 0 Å². The van der Waals surface area contributed by atoms with Crippen LogP contribution in [0.2, 0.25) is 0 Å². The Labute approximate surface area is 93.7 Å². The lowest BCUT2D eigenvalue weighted by Crippen LogP contribution is -2.12. The van der Waals surface area contributed by atoms with Crippen LogP contribution in [0.15, 0.2) is 18.2 Å². The van der Waals surface area contributed by atoms with Gasteiger partial charge in [-0.15, -0.1) is 0 Å². The molecule has 84 valence electrons. The second-order valence-corrected chi connectivity index (χ2v) is 5.28. The zero-order chi connectivity index (χ0) is 11.5. The van der Waals surface area contributed by atoms with Crippen molar-refractivity contribution in [3.8, 4) is 0 Å². The van der Waals surface area contributed by atoms with E-state index in [2.05, 4.69) is 45.9 Å². The quantitative estimate of drug-likeness (QED) is 0.806. The molecule has 0 aliphatic rings.